The largest absolute Gasteiger partial charge is 0.484 e. The van der Waals surface area contributed by atoms with Gasteiger partial charge in [-0.1, -0.05) is 26.8 Å². The Morgan fingerprint density at radius 1 is 1.43 bits per heavy atom. The van der Waals surface area contributed by atoms with E-state index >= 15 is 0 Å². The Morgan fingerprint density at radius 2 is 2.20 bits per heavy atom. The number of rotatable bonds is 5. The summed E-state index contributed by atoms with van der Waals surface area (Å²) >= 11 is 6.84. The number of hydrogen-bond acceptors (Lipinski definition) is 5. The van der Waals surface area contributed by atoms with E-state index in [4.69, 9.17) is 17.0 Å². The van der Waals surface area contributed by atoms with E-state index in [0.29, 0.717) is 28.1 Å². The predicted octanol–water partition coefficient (Wildman–Crippen LogP) is 5.07. The second-order valence-electron chi connectivity index (χ2n) is 8.13. The van der Waals surface area contributed by atoms with Gasteiger partial charge in [0, 0.05) is 4.88 Å². The molecule has 7 heteroatoms. The molecular weight excluding hydrogens is 414 g/mol. The Bertz CT molecular complexity index is 1000. The Hall–Kier alpha value is -2.43. The Kier molecular flexibility index (Phi) is 7.11. The maximum atomic E-state index is 12.2. The molecular formula is C23H27N3O2S2. The molecule has 1 amide bonds. The van der Waals surface area contributed by atoms with Crippen molar-refractivity contribution in [1.82, 2.24) is 5.32 Å². The minimum absolute atomic E-state index is 0.133. The van der Waals surface area contributed by atoms with Gasteiger partial charge in [0.25, 0.3) is 5.91 Å². The second-order valence-corrected chi connectivity index (χ2v) is 9.65. The molecule has 2 N–H and O–H groups in total. The molecule has 0 fully saturated rings. The van der Waals surface area contributed by atoms with Crippen LogP contribution in [0.3, 0.4) is 0 Å². The van der Waals surface area contributed by atoms with Crippen LogP contribution in [0.25, 0.3) is 0 Å². The van der Waals surface area contributed by atoms with Gasteiger partial charge in [-0.05, 0) is 79.1 Å². The van der Waals surface area contributed by atoms with Gasteiger partial charge in [0.05, 0.1) is 5.56 Å². The molecule has 1 aliphatic rings. The van der Waals surface area contributed by atoms with Crippen molar-refractivity contribution in [2.75, 3.05) is 11.9 Å². The van der Waals surface area contributed by atoms with Gasteiger partial charge in [-0.3, -0.25) is 10.1 Å². The maximum Gasteiger partial charge on any atom is 0.264 e. The van der Waals surface area contributed by atoms with Crippen molar-refractivity contribution in [2.45, 2.75) is 52.9 Å². The van der Waals surface area contributed by atoms with Gasteiger partial charge < -0.3 is 10.1 Å². The first-order valence-corrected chi connectivity index (χ1v) is 11.4. The van der Waals surface area contributed by atoms with E-state index in [1.807, 2.05) is 25.1 Å². The summed E-state index contributed by atoms with van der Waals surface area (Å²) in [6, 6.07) is 8.14. The minimum atomic E-state index is -0.341. The first-order valence-electron chi connectivity index (χ1n) is 10.2. The highest BCUT2D eigenvalue weighted by Crippen LogP contribution is 2.39. The smallest absolute Gasteiger partial charge is 0.264 e. The first-order chi connectivity index (χ1) is 14.3. The SMILES string of the molecule is Cc1cc(OCC(=O)NC(=S)Nc2sc3c(c2C#N)CCC(C)C3)ccc1C(C)C. The number of fused-ring (bicyclic) bond motifs is 1. The Balaban J connectivity index is 1.56. The fourth-order valence-corrected chi connectivity index (χ4v) is 5.43. The van der Waals surface area contributed by atoms with Crippen LogP contribution in [-0.4, -0.2) is 17.6 Å². The topological polar surface area (TPSA) is 74.2 Å². The van der Waals surface area contributed by atoms with Crippen LogP contribution in [0.1, 0.15) is 60.2 Å². The van der Waals surface area contributed by atoms with Gasteiger partial charge >= 0.3 is 0 Å². The number of thiocarbonyl (C=S) groups is 1. The van der Waals surface area contributed by atoms with E-state index in [0.717, 1.165) is 30.4 Å². The summed E-state index contributed by atoms with van der Waals surface area (Å²) in [7, 11) is 0. The minimum Gasteiger partial charge on any atom is -0.484 e. The lowest BCUT2D eigenvalue weighted by Crippen LogP contribution is -2.37. The van der Waals surface area contributed by atoms with Crippen molar-refractivity contribution in [3.8, 4) is 11.8 Å². The fraction of sp³-hybridized carbons (Fsp3) is 0.435. The molecule has 0 saturated heterocycles. The summed E-state index contributed by atoms with van der Waals surface area (Å²) in [5.41, 5.74) is 4.18. The molecule has 0 radical (unpaired) electrons. The average Bonchev–Trinajstić information content (AvgIpc) is 3.01. The maximum absolute atomic E-state index is 12.2. The molecule has 0 saturated carbocycles. The lowest BCUT2D eigenvalue weighted by atomic mass is 9.89. The van der Waals surface area contributed by atoms with Gasteiger partial charge in [0.1, 0.15) is 16.8 Å². The van der Waals surface area contributed by atoms with Crippen LogP contribution < -0.4 is 15.4 Å². The summed E-state index contributed by atoms with van der Waals surface area (Å²) in [5, 5.41) is 16.1. The normalized spacial score (nSPS) is 15.3. The van der Waals surface area contributed by atoms with Crippen molar-refractivity contribution in [3.63, 3.8) is 0 Å². The fourth-order valence-electron chi connectivity index (χ4n) is 3.79. The second kappa shape index (κ2) is 9.59. The van der Waals surface area contributed by atoms with Crippen LogP contribution in [0.4, 0.5) is 5.00 Å². The summed E-state index contributed by atoms with van der Waals surface area (Å²) in [4.78, 5) is 13.5. The van der Waals surface area contributed by atoms with Crippen molar-refractivity contribution >= 4 is 39.6 Å². The number of carbonyl (C=O) groups is 1. The number of nitrogens with zero attached hydrogens (tertiary/aromatic N) is 1. The van der Waals surface area contributed by atoms with Gasteiger partial charge in [-0.25, -0.2) is 0 Å². The molecule has 158 valence electrons. The van der Waals surface area contributed by atoms with Crippen LogP contribution >= 0.6 is 23.6 Å². The van der Waals surface area contributed by atoms with Gasteiger partial charge in [0.2, 0.25) is 0 Å². The molecule has 1 aromatic heterocycles. The number of aryl methyl sites for hydroxylation is 1. The van der Waals surface area contributed by atoms with Crippen molar-refractivity contribution < 1.29 is 9.53 Å². The van der Waals surface area contributed by atoms with Crippen LogP contribution in [0.15, 0.2) is 18.2 Å². The summed E-state index contributed by atoms with van der Waals surface area (Å²) < 4.78 is 5.61. The molecule has 0 bridgehead atoms. The highest BCUT2D eigenvalue weighted by Gasteiger charge is 2.24. The third kappa shape index (κ3) is 5.18. The van der Waals surface area contributed by atoms with Crippen LogP contribution in [0, 0.1) is 24.2 Å². The monoisotopic (exact) mass is 441 g/mol. The van der Waals surface area contributed by atoms with Crippen LogP contribution in [-0.2, 0) is 17.6 Å². The van der Waals surface area contributed by atoms with E-state index in [1.165, 1.54) is 10.4 Å². The highest BCUT2D eigenvalue weighted by atomic mass is 32.1. The third-order valence-corrected chi connectivity index (χ3v) is 6.71. The molecule has 1 aromatic carbocycles. The molecule has 0 spiro atoms. The summed E-state index contributed by atoms with van der Waals surface area (Å²) in [6.45, 7) is 8.42. The molecule has 0 aliphatic heterocycles. The quantitative estimate of drug-likeness (QED) is 0.634. The summed E-state index contributed by atoms with van der Waals surface area (Å²) in [5.74, 6) is 1.37. The summed E-state index contributed by atoms with van der Waals surface area (Å²) in [6.07, 6.45) is 2.99. The van der Waals surface area contributed by atoms with E-state index in [-0.39, 0.29) is 17.6 Å². The molecule has 1 heterocycles. The Morgan fingerprint density at radius 3 is 2.87 bits per heavy atom. The van der Waals surface area contributed by atoms with Gasteiger partial charge in [-0.15, -0.1) is 11.3 Å². The number of thiophene rings is 1. The zero-order chi connectivity index (χ0) is 21.8. The lowest BCUT2D eigenvalue weighted by molar-refractivity contribution is -0.121. The van der Waals surface area contributed by atoms with E-state index in [1.54, 1.807) is 11.3 Å². The van der Waals surface area contributed by atoms with Crippen molar-refractivity contribution in [2.24, 2.45) is 5.92 Å². The van der Waals surface area contributed by atoms with Crippen LogP contribution in [0.5, 0.6) is 5.75 Å². The van der Waals surface area contributed by atoms with E-state index in [2.05, 4.69) is 37.5 Å². The molecule has 2 aromatic rings. The molecule has 30 heavy (non-hydrogen) atoms. The molecule has 5 nitrogen and oxygen atoms in total. The Labute approximate surface area is 187 Å². The number of nitriles is 1. The predicted molar refractivity (Wildman–Crippen MR) is 125 cm³/mol. The molecule has 1 aliphatic carbocycles. The zero-order valence-corrected chi connectivity index (χ0v) is 19.4. The lowest BCUT2D eigenvalue weighted by Gasteiger charge is -2.17. The standard InChI is InChI=1S/C23H27N3O2S2/c1-13(2)17-8-6-16(10-15(17)4)28-12-21(27)25-23(29)26-22-19(11-24)18-7-5-14(3)9-20(18)30-22/h6,8,10,13-14H,5,7,9,12H2,1-4H3,(H2,25,26,27,29). The highest BCUT2D eigenvalue weighted by molar-refractivity contribution is 7.80. The number of amides is 1. The van der Waals surface area contributed by atoms with Crippen LogP contribution in [0.2, 0.25) is 0 Å². The number of carbonyl (C=O) groups excluding carboxylic acids is 1. The average molecular weight is 442 g/mol. The zero-order valence-electron chi connectivity index (χ0n) is 17.8. The third-order valence-electron chi connectivity index (χ3n) is 5.34. The van der Waals surface area contributed by atoms with E-state index < -0.39 is 0 Å². The molecule has 3 rings (SSSR count). The van der Waals surface area contributed by atoms with Gasteiger partial charge in [0.15, 0.2) is 11.7 Å². The van der Waals surface area contributed by atoms with Crippen molar-refractivity contribution in [1.29, 1.82) is 5.26 Å². The number of ether oxygens (including phenoxy) is 1. The first kappa shape index (κ1) is 22.3. The molecule has 1 atom stereocenters. The van der Waals surface area contributed by atoms with Crippen molar-refractivity contribution in [3.05, 3.63) is 45.3 Å². The van der Waals surface area contributed by atoms with E-state index in [9.17, 15) is 10.1 Å². The number of benzene rings is 1. The van der Waals surface area contributed by atoms with Gasteiger partial charge in [-0.2, -0.15) is 5.26 Å². The number of anilines is 1. The molecule has 1 unspecified atom stereocenters. The number of nitrogens with one attached hydrogen (secondary N) is 2. The number of hydrogen-bond donors (Lipinski definition) is 2.